The first-order valence-corrected chi connectivity index (χ1v) is 6.45. The minimum Gasteiger partial charge on any atom is -0.466 e. The summed E-state index contributed by atoms with van der Waals surface area (Å²) in [5.41, 5.74) is -0.531. The zero-order chi connectivity index (χ0) is 15.2. The average Bonchev–Trinajstić information content (AvgIpc) is 2.35. The van der Waals surface area contributed by atoms with E-state index in [9.17, 15) is 4.79 Å². The molecule has 0 amide bonds. The average molecular weight is 282 g/mol. The van der Waals surface area contributed by atoms with Crippen LogP contribution in [0.5, 0.6) is 5.88 Å². The minimum atomic E-state index is -0.531. The molecule has 1 aromatic heterocycles. The number of esters is 1. The summed E-state index contributed by atoms with van der Waals surface area (Å²) in [5.74, 6) is 0.576. The molecule has 0 unspecified atom stereocenters. The second-order valence-electron chi connectivity index (χ2n) is 5.35. The van der Waals surface area contributed by atoms with Gasteiger partial charge in [-0.25, -0.2) is 4.79 Å². The van der Waals surface area contributed by atoms with Crippen LogP contribution in [-0.2, 0) is 9.53 Å². The maximum atomic E-state index is 11.5. The minimum absolute atomic E-state index is 0.0428. The van der Waals surface area contributed by atoms with Gasteiger partial charge in [0.15, 0.2) is 6.61 Å². The third kappa shape index (κ3) is 5.88. The van der Waals surface area contributed by atoms with Crippen LogP contribution in [0.1, 0.15) is 20.8 Å². The number of hydrogen-bond acceptors (Lipinski definition) is 6. The molecule has 112 valence electrons. The number of hydrogen-bond donors (Lipinski definition) is 1. The zero-order valence-corrected chi connectivity index (χ0v) is 12.4. The molecule has 0 spiro atoms. The fraction of sp³-hybridized carbons (Fsp3) is 0.571. The fourth-order valence-electron chi connectivity index (χ4n) is 1.47. The van der Waals surface area contributed by atoms with Gasteiger partial charge in [-0.1, -0.05) is 6.07 Å². The van der Waals surface area contributed by atoms with E-state index in [-0.39, 0.29) is 13.2 Å². The Morgan fingerprint density at radius 3 is 2.70 bits per heavy atom. The summed E-state index contributed by atoms with van der Waals surface area (Å²) in [6.45, 7) is 5.73. The second-order valence-corrected chi connectivity index (χ2v) is 5.35. The van der Waals surface area contributed by atoms with E-state index in [1.165, 1.54) is 0 Å². The molecule has 0 saturated heterocycles. The Morgan fingerprint density at radius 1 is 1.40 bits per heavy atom. The molecule has 0 aromatic carbocycles. The molecule has 1 heterocycles. The second kappa shape index (κ2) is 7.09. The van der Waals surface area contributed by atoms with E-state index in [4.69, 9.17) is 14.6 Å². The third-order valence-electron chi connectivity index (χ3n) is 2.29. The Bertz CT molecular complexity index is 443. The lowest BCUT2D eigenvalue weighted by Crippen LogP contribution is -2.27. The lowest BCUT2D eigenvalue weighted by atomic mass is 10.2. The van der Waals surface area contributed by atoms with Crippen molar-refractivity contribution in [2.75, 3.05) is 31.7 Å². The number of nitrogens with zero attached hydrogens (tertiary/aromatic N) is 2. The van der Waals surface area contributed by atoms with Crippen LogP contribution in [0, 0.1) is 0 Å². The molecule has 1 aromatic rings. The van der Waals surface area contributed by atoms with Gasteiger partial charge in [-0.2, -0.15) is 4.98 Å². The van der Waals surface area contributed by atoms with E-state index in [1.54, 1.807) is 43.9 Å². The highest BCUT2D eigenvalue weighted by atomic mass is 16.6. The maximum absolute atomic E-state index is 11.5. The summed E-state index contributed by atoms with van der Waals surface area (Å²) in [5, 5.41) is 8.89. The van der Waals surface area contributed by atoms with Crippen LogP contribution in [0.25, 0.3) is 0 Å². The number of rotatable bonds is 6. The van der Waals surface area contributed by atoms with Crippen molar-refractivity contribution in [2.45, 2.75) is 26.4 Å². The van der Waals surface area contributed by atoms with E-state index in [0.717, 1.165) is 0 Å². The molecule has 0 aliphatic rings. The largest absolute Gasteiger partial charge is 0.466 e. The SMILES string of the molecule is CN(CCO)c1cccc(OCC(=O)OC(C)(C)C)n1. The molecule has 0 aliphatic carbocycles. The van der Waals surface area contributed by atoms with Gasteiger partial charge < -0.3 is 19.5 Å². The van der Waals surface area contributed by atoms with Crippen LogP contribution in [-0.4, -0.2) is 48.5 Å². The number of ether oxygens (including phenoxy) is 2. The van der Waals surface area contributed by atoms with Crippen molar-refractivity contribution in [3.05, 3.63) is 18.2 Å². The predicted octanol–water partition coefficient (Wildman–Crippen LogP) is 1.23. The van der Waals surface area contributed by atoms with Crippen LogP contribution < -0.4 is 9.64 Å². The van der Waals surface area contributed by atoms with Crippen LogP contribution in [0.3, 0.4) is 0 Å². The van der Waals surface area contributed by atoms with Crippen molar-refractivity contribution >= 4 is 11.8 Å². The standard InChI is InChI=1S/C14H22N2O4/c1-14(2,3)20-13(18)10-19-12-7-5-6-11(15-12)16(4)8-9-17/h5-7,17H,8-10H2,1-4H3. The van der Waals surface area contributed by atoms with Crippen molar-refractivity contribution in [3.63, 3.8) is 0 Å². The molecule has 1 rings (SSSR count). The van der Waals surface area contributed by atoms with Crippen molar-refractivity contribution in [2.24, 2.45) is 0 Å². The summed E-state index contributed by atoms with van der Waals surface area (Å²) in [7, 11) is 1.82. The van der Waals surface area contributed by atoms with Gasteiger partial charge in [0, 0.05) is 19.7 Å². The smallest absolute Gasteiger partial charge is 0.344 e. The first-order chi connectivity index (χ1) is 9.31. The molecule has 0 bridgehead atoms. The van der Waals surface area contributed by atoms with Crippen LogP contribution in [0.2, 0.25) is 0 Å². The predicted molar refractivity (Wildman–Crippen MR) is 75.9 cm³/mol. The van der Waals surface area contributed by atoms with Gasteiger partial charge in [-0.15, -0.1) is 0 Å². The number of aromatic nitrogens is 1. The zero-order valence-electron chi connectivity index (χ0n) is 12.4. The van der Waals surface area contributed by atoms with E-state index in [0.29, 0.717) is 18.2 Å². The van der Waals surface area contributed by atoms with Gasteiger partial charge in [-0.3, -0.25) is 0 Å². The van der Waals surface area contributed by atoms with Crippen molar-refractivity contribution < 1.29 is 19.4 Å². The van der Waals surface area contributed by atoms with E-state index in [1.807, 2.05) is 7.05 Å². The highest BCUT2D eigenvalue weighted by Gasteiger charge is 2.16. The summed E-state index contributed by atoms with van der Waals surface area (Å²) in [6, 6.07) is 5.25. The highest BCUT2D eigenvalue weighted by Crippen LogP contribution is 2.15. The van der Waals surface area contributed by atoms with E-state index >= 15 is 0 Å². The Morgan fingerprint density at radius 2 is 2.10 bits per heavy atom. The summed E-state index contributed by atoms with van der Waals surface area (Å²) in [6.07, 6.45) is 0. The van der Waals surface area contributed by atoms with E-state index < -0.39 is 11.6 Å². The fourth-order valence-corrected chi connectivity index (χ4v) is 1.47. The molecule has 0 aliphatic heterocycles. The molecule has 0 atom stereocenters. The maximum Gasteiger partial charge on any atom is 0.344 e. The van der Waals surface area contributed by atoms with Crippen LogP contribution in [0.4, 0.5) is 5.82 Å². The number of carbonyl (C=O) groups is 1. The molecule has 20 heavy (non-hydrogen) atoms. The Hall–Kier alpha value is -1.82. The number of anilines is 1. The van der Waals surface area contributed by atoms with E-state index in [2.05, 4.69) is 4.98 Å². The lowest BCUT2D eigenvalue weighted by Gasteiger charge is -2.20. The first kappa shape index (κ1) is 16.2. The summed E-state index contributed by atoms with van der Waals surface area (Å²) in [4.78, 5) is 17.6. The number of pyridine rings is 1. The van der Waals surface area contributed by atoms with Gasteiger partial charge in [0.05, 0.1) is 6.61 Å². The molecule has 6 heteroatoms. The molecular formula is C14H22N2O4. The molecule has 1 N–H and O–H groups in total. The first-order valence-electron chi connectivity index (χ1n) is 6.45. The van der Waals surface area contributed by atoms with Gasteiger partial charge in [0.1, 0.15) is 11.4 Å². The van der Waals surface area contributed by atoms with Crippen molar-refractivity contribution in [3.8, 4) is 5.88 Å². The van der Waals surface area contributed by atoms with Crippen molar-refractivity contribution in [1.29, 1.82) is 0 Å². The van der Waals surface area contributed by atoms with Gasteiger partial charge in [-0.05, 0) is 26.8 Å². The lowest BCUT2D eigenvalue weighted by molar-refractivity contribution is -0.157. The van der Waals surface area contributed by atoms with Gasteiger partial charge >= 0.3 is 5.97 Å². The summed E-state index contributed by atoms with van der Waals surface area (Å²) >= 11 is 0. The number of aliphatic hydroxyl groups excluding tert-OH is 1. The molecule has 0 radical (unpaired) electrons. The third-order valence-corrected chi connectivity index (χ3v) is 2.29. The Labute approximate surface area is 119 Å². The van der Waals surface area contributed by atoms with Crippen LogP contribution >= 0.6 is 0 Å². The Balaban J connectivity index is 2.56. The highest BCUT2D eigenvalue weighted by molar-refractivity contribution is 5.71. The monoisotopic (exact) mass is 282 g/mol. The molecular weight excluding hydrogens is 260 g/mol. The number of carbonyl (C=O) groups excluding carboxylic acids is 1. The van der Waals surface area contributed by atoms with Crippen molar-refractivity contribution in [1.82, 2.24) is 4.98 Å². The molecule has 0 fully saturated rings. The number of likely N-dealkylation sites (N-methyl/N-ethyl adjacent to an activating group) is 1. The molecule has 6 nitrogen and oxygen atoms in total. The van der Waals surface area contributed by atoms with Gasteiger partial charge in [0.25, 0.3) is 0 Å². The Kier molecular flexibility index (Phi) is 5.76. The van der Waals surface area contributed by atoms with Crippen LogP contribution in [0.15, 0.2) is 18.2 Å². The number of aliphatic hydroxyl groups is 1. The summed E-state index contributed by atoms with van der Waals surface area (Å²) < 4.78 is 10.4. The van der Waals surface area contributed by atoms with Gasteiger partial charge in [0.2, 0.25) is 5.88 Å². The quantitative estimate of drug-likeness (QED) is 0.791. The normalized spacial score (nSPS) is 11.1. The molecule has 0 saturated carbocycles. The topological polar surface area (TPSA) is 71.9 Å².